The van der Waals surface area contributed by atoms with Crippen LogP contribution in [0.25, 0.3) is 0 Å². The molecule has 94 valence electrons. The first-order chi connectivity index (χ1) is 8.11. The molecule has 1 aromatic rings. The molecule has 0 aromatic heterocycles. The molecule has 0 heterocycles. The maximum Gasteiger partial charge on any atom is 0.259 e. The van der Waals surface area contributed by atoms with Crippen LogP contribution in [-0.4, -0.2) is 29.2 Å². The maximum atomic E-state index is 13.4. The van der Waals surface area contributed by atoms with Gasteiger partial charge in [0.25, 0.3) is 5.91 Å². The number of carbonyl (C=O) groups is 1. The first-order valence-electron chi connectivity index (χ1n) is 5.41. The number of rotatable bonds is 5. The van der Waals surface area contributed by atoms with Crippen LogP contribution in [0.5, 0.6) is 0 Å². The van der Waals surface area contributed by atoms with Gasteiger partial charge in [-0.2, -0.15) is 0 Å². The number of nitrogens with zero attached hydrogens (tertiary/aromatic N) is 1. The Kier molecular flexibility index (Phi) is 5.55. The Morgan fingerprint density at radius 1 is 1.35 bits per heavy atom. The van der Waals surface area contributed by atoms with Gasteiger partial charge in [-0.1, -0.05) is 22.0 Å². The Labute approximate surface area is 108 Å². The molecule has 0 aliphatic rings. The van der Waals surface area contributed by atoms with Crippen molar-refractivity contribution in [2.75, 3.05) is 18.4 Å². The number of halogens is 3. The van der Waals surface area contributed by atoms with Crippen LogP contribution in [0.2, 0.25) is 0 Å². The van der Waals surface area contributed by atoms with Gasteiger partial charge < -0.3 is 4.90 Å². The number of hydrogen-bond acceptors (Lipinski definition) is 1. The number of benzene rings is 1. The monoisotopic (exact) mass is 305 g/mol. The molecule has 0 spiro atoms. The van der Waals surface area contributed by atoms with Crippen LogP contribution in [0.15, 0.2) is 18.2 Å². The number of carbonyl (C=O) groups excluding carboxylic acids is 1. The van der Waals surface area contributed by atoms with Crippen LogP contribution in [-0.2, 0) is 0 Å². The van der Waals surface area contributed by atoms with Gasteiger partial charge in [-0.15, -0.1) is 0 Å². The third-order valence-corrected chi connectivity index (χ3v) is 2.97. The fourth-order valence-corrected chi connectivity index (χ4v) is 1.76. The third kappa shape index (κ3) is 3.49. The highest BCUT2D eigenvalue weighted by Gasteiger charge is 2.21. The maximum absolute atomic E-state index is 13.4. The summed E-state index contributed by atoms with van der Waals surface area (Å²) in [5.74, 6) is -2.22. The second-order valence-corrected chi connectivity index (χ2v) is 4.32. The normalized spacial score (nSPS) is 10.4. The van der Waals surface area contributed by atoms with Crippen LogP contribution in [0.4, 0.5) is 8.78 Å². The average Bonchev–Trinajstić information content (AvgIpc) is 2.30. The zero-order chi connectivity index (χ0) is 12.8. The van der Waals surface area contributed by atoms with Crippen molar-refractivity contribution in [3.8, 4) is 0 Å². The van der Waals surface area contributed by atoms with Crippen LogP contribution >= 0.6 is 15.9 Å². The molecule has 1 aromatic carbocycles. The fraction of sp³-hybridized carbons (Fsp3) is 0.417. The predicted octanol–water partition coefficient (Wildman–Crippen LogP) is 3.21. The molecule has 1 amide bonds. The Bertz CT molecular complexity index is 378. The lowest BCUT2D eigenvalue weighted by Crippen LogP contribution is -2.33. The summed E-state index contributed by atoms with van der Waals surface area (Å²) in [5.41, 5.74) is -0.469. The molecular formula is C12H14BrF2NO. The van der Waals surface area contributed by atoms with E-state index in [2.05, 4.69) is 15.9 Å². The molecule has 0 aliphatic heterocycles. The van der Waals surface area contributed by atoms with E-state index in [1.54, 1.807) is 6.92 Å². The van der Waals surface area contributed by atoms with Crippen molar-refractivity contribution < 1.29 is 13.6 Å². The van der Waals surface area contributed by atoms with Gasteiger partial charge >= 0.3 is 0 Å². The molecule has 0 atom stereocenters. The topological polar surface area (TPSA) is 20.3 Å². The van der Waals surface area contributed by atoms with E-state index in [0.717, 1.165) is 23.9 Å². The summed E-state index contributed by atoms with van der Waals surface area (Å²) >= 11 is 3.26. The van der Waals surface area contributed by atoms with Gasteiger partial charge in [0, 0.05) is 18.4 Å². The average molecular weight is 306 g/mol. The van der Waals surface area contributed by atoms with E-state index in [0.29, 0.717) is 13.1 Å². The van der Waals surface area contributed by atoms with Gasteiger partial charge in [0.2, 0.25) is 0 Å². The van der Waals surface area contributed by atoms with Crippen LogP contribution in [0, 0.1) is 11.6 Å². The van der Waals surface area contributed by atoms with Gasteiger partial charge in [0.1, 0.15) is 17.2 Å². The Balaban J connectivity index is 2.93. The van der Waals surface area contributed by atoms with Crippen molar-refractivity contribution in [3.05, 3.63) is 35.4 Å². The molecule has 2 nitrogen and oxygen atoms in total. The highest BCUT2D eigenvalue weighted by atomic mass is 79.9. The van der Waals surface area contributed by atoms with E-state index >= 15 is 0 Å². The molecule has 0 radical (unpaired) electrons. The molecule has 17 heavy (non-hydrogen) atoms. The molecule has 0 bridgehead atoms. The van der Waals surface area contributed by atoms with Crippen molar-refractivity contribution in [1.82, 2.24) is 4.90 Å². The largest absolute Gasteiger partial charge is 0.339 e. The minimum atomic E-state index is -0.813. The lowest BCUT2D eigenvalue weighted by atomic mass is 10.1. The van der Waals surface area contributed by atoms with Gasteiger partial charge in [0.05, 0.1) is 0 Å². The van der Waals surface area contributed by atoms with E-state index in [9.17, 15) is 13.6 Å². The first kappa shape index (κ1) is 14.1. The molecule has 0 unspecified atom stereocenters. The molecule has 1 rings (SSSR count). The summed E-state index contributed by atoms with van der Waals surface area (Å²) in [6.07, 6.45) is 0.746. The van der Waals surface area contributed by atoms with Gasteiger partial charge in [-0.3, -0.25) is 4.79 Å². The summed E-state index contributed by atoms with van der Waals surface area (Å²) in [6, 6.07) is 3.43. The number of hydrogen-bond donors (Lipinski definition) is 0. The number of amides is 1. The quantitative estimate of drug-likeness (QED) is 0.765. The van der Waals surface area contributed by atoms with E-state index in [1.165, 1.54) is 11.0 Å². The van der Waals surface area contributed by atoms with Crippen molar-refractivity contribution in [3.63, 3.8) is 0 Å². The highest BCUT2D eigenvalue weighted by Crippen LogP contribution is 2.15. The third-order valence-electron chi connectivity index (χ3n) is 2.41. The Hall–Kier alpha value is -0.970. The van der Waals surface area contributed by atoms with Gasteiger partial charge in [0.15, 0.2) is 0 Å². The van der Waals surface area contributed by atoms with Crippen LogP contribution < -0.4 is 0 Å². The molecule has 0 aliphatic carbocycles. The van der Waals surface area contributed by atoms with Crippen molar-refractivity contribution in [1.29, 1.82) is 0 Å². The molecular weight excluding hydrogens is 292 g/mol. The zero-order valence-corrected chi connectivity index (χ0v) is 11.1. The van der Waals surface area contributed by atoms with Crippen molar-refractivity contribution >= 4 is 21.8 Å². The molecule has 0 saturated carbocycles. The standard InChI is InChI=1S/C12H14BrF2NO/c1-2-16(8-4-7-13)12(17)11-9(14)5-3-6-10(11)15/h3,5-6H,2,4,7-8H2,1H3. The lowest BCUT2D eigenvalue weighted by molar-refractivity contribution is 0.0755. The zero-order valence-electron chi connectivity index (χ0n) is 9.55. The fourth-order valence-electron chi connectivity index (χ4n) is 1.51. The summed E-state index contributed by atoms with van der Waals surface area (Å²) in [6.45, 7) is 2.69. The second kappa shape index (κ2) is 6.69. The SMILES string of the molecule is CCN(CCCBr)C(=O)c1c(F)cccc1F. The minimum absolute atomic E-state index is 0.430. The van der Waals surface area contributed by atoms with Crippen molar-refractivity contribution in [2.24, 2.45) is 0 Å². The highest BCUT2D eigenvalue weighted by molar-refractivity contribution is 9.09. The Morgan fingerprint density at radius 3 is 2.41 bits per heavy atom. The Morgan fingerprint density at radius 2 is 1.94 bits per heavy atom. The molecule has 0 saturated heterocycles. The van der Waals surface area contributed by atoms with E-state index < -0.39 is 23.1 Å². The summed E-state index contributed by atoms with van der Waals surface area (Å²) in [4.78, 5) is 13.4. The summed E-state index contributed by atoms with van der Waals surface area (Å²) in [5, 5.41) is 0.747. The van der Waals surface area contributed by atoms with E-state index in [-0.39, 0.29) is 0 Å². The predicted molar refractivity (Wildman–Crippen MR) is 66.3 cm³/mol. The van der Waals surface area contributed by atoms with Crippen LogP contribution in [0.1, 0.15) is 23.7 Å². The minimum Gasteiger partial charge on any atom is -0.339 e. The van der Waals surface area contributed by atoms with E-state index in [4.69, 9.17) is 0 Å². The van der Waals surface area contributed by atoms with Gasteiger partial charge in [-0.05, 0) is 25.5 Å². The molecule has 0 fully saturated rings. The second-order valence-electron chi connectivity index (χ2n) is 3.52. The molecule has 0 N–H and O–H groups in total. The number of alkyl halides is 1. The van der Waals surface area contributed by atoms with Crippen molar-refractivity contribution in [2.45, 2.75) is 13.3 Å². The lowest BCUT2D eigenvalue weighted by Gasteiger charge is -2.20. The van der Waals surface area contributed by atoms with E-state index in [1.807, 2.05) is 0 Å². The first-order valence-corrected chi connectivity index (χ1v) is 6.53. The van der Waals surface area contributed by atoms with Crippen LogP contribution in [0.3, 0.4) is 0 Å². The van der Waals surface area contributed by atoms with Gasteiger partial charge in [-0.25, -0.2) is 8.78 Å². The summed E-state index contributed by atoms with van der Waals surface area (Å²) in [7, 11) is 0. The summed E-state index contributed by atoms with van der Waals surface area (Å²) < 4.78 is 26.8. The molecule has 5 heteroatoms. The smallest absolute Gasteiger partial charge is 0.259 e.